The van der Waals surface area contributed by atoms with E-state index in [-0.39, 0.29) is 29.6 Å². The maximum atomic E-state index is 12.3. The van der Waals surface area contributed by atoms with Crippen LogP contribution in [0, 0.1) is 0 Å². The minimum Gasteiger partial charge on any atom is -0.506 e. The summed E-state index contributed by atoms with van der Waals surface area (Å²) in [5.41, 5.74) is 1.02. The van der Waals surface area contributed by atoms with Gasteiger partial charge in [0.15, 0.2) is 0 Å². The van der Waals surface area contributed by atoms with E-state index < -0.39 is 5.97 Å². The summed E-state index contributed by atoms with van der Waals surface area (Å²) in [6.45, 7) is 9.57. The first kappa shape index (κ1) is 17.4. The average Bonchev–Trinajstić information content (AvgIpc) is 2.44. The molecule has 0 amide bonds. The van der Waals surface area contributed by atoms with Crippen LogP contribution >= 0.6 is 0 Å². The summed E-state index contributed by atoms with van der Waals surface area (Å²) in [5.74, 6) is 0.584. The second-order valence-corrected chi connectivity index (χ2v) is 7.03. The summed E-state index contributed by atoms with van der Waals surface area (Å²) in [6, 6.07) is 5.54. The number of cyclic esters (lactones) is 1. The van der Waals surface area contributed by atoms with Crippen molar-refractivity contribution in [2.45, 2.75) is 59.4 Å². The van der Waals surface area contributed by atoms with E-state index in [1.807, 2.05) is 46.8 Å². The van der Waals surface area contributed by atoms with Crippen LogP contribution in [0.4, 0.5) is 0 Å². The number of fused-ring (bicyclic) bond motifs is 2. The van der Waals surface area contributed by atoms with Crippen molar-refractivity contribution in [3.05, 3.63) is 29.3 Å². The number of ether oxygens (including phenoxy) is 3. The van der Waals surface area contributed by atoms with Crippen LogP contribution in [0.3, 0.4) is 0 Å². The van der Waals surface area contributed by atoms with E-state index in [1.165, 1.54) is 0 Å². The predicted octanol–water partition coefficient (Wildman–Crippen LogP) is 4.22. The molecule has 134 valence electrons. The minimum absolute atomic E-state index is 0.0191. The Morgan fingerprint density at radius 1 is 1.12 bits per heavy atom. The molecule has 0 fully saturated rings. The number of carbonyl (C=O) groups excluding carboxylic acids is 1. The normalized spacial score (nSPS) is 16.9. The molecule has 2 aromatic carbocycles. The second kappa shape index (κ2) is 6.47. The fourth-order valence-corrected chi connectivity index (χ4v) is 3.18. The molecule has 0 aliphatic carbocycles. The number of phenolic OH excluding ortho intramolecular Hbond substituents is 1. The number of aromatic hydroxyl groups is 1. The Hall–Kier alpha value is -2.43. The van der Waals surface area contributed by atoms with Gasteiger partial charge in [-0.05, 0) is 57.7 Å². The van der Waals surface area contributed by atoms with Crippen molar-refractivity contribution in [3.63, 3.8) is 0 Å². The molecule has 0 bridgehead atoms. The highest BCUT2D eigenvalue weighted by Gasteiger charge is 2.29. The van der Waals surface area contributed by atoms with Crippen molar-refractivity contribution in [3.8, 4) is 17.2 Å². The van der Waals surface area contributed by atoms with E-state index in [9.17, 15) is 9.90 Å². The van der Waals surface area contributed by atoms with E-state index in [0.29, 0.717) is 23.3 Å². The molecule has 0 unspecified atom stereocenters. The Morgan fingerprint density at radius 3 is 2.44 bits per heavy atom. The molecule has 1 aliphatic heterocycles. The Kier molecular flexibility index (Phi) is 4.50. The third-order valence-electron chi connectivity index (χ3n) is 3.98. The number of rotatable bonds is 4. The molecular weight excluding hydrogens is 320 g/mol. The second-order valence-electron chi connectivity index (χ2n) is 7.03. The van der Waals surface area contributed by atoms with Gasteiger partial charge in [0.1, 0.15) is 28.9 Å². The summed E-state index contributed by atoms with van der Waals surface area (Å²) in [6.07, 6.45) is 0.295. The maximum absolute atomic E-state index is 12.3. The van der Waals surface area contributed by atoms with Crippen molar-refractivity contribution in [2.75, 3.05) is 0 Å². The van der Waals surface area contributed by atoms with Gasteiger partial charge in [0.2, 0.25) is 0 Å². The zero-order valence-electron chi connectivity index (χ0n) is 15.3. The highest BCUT2D eigenvalue weighted by molar-refractivity contribution is 6.06. The molecule has 25 heavy (non-hydrogen) atoms. The van der Waals surface area contributed by atoms with Gasteiger partial charge in [-0.15, -0.1) is 0 Å². The van der Waals surface area contributed by atoms with Crippen LogP contribution in [0.25, 0.3) is 10.8 Å². The van der Waals surface area contributed by atoms with Gasteiger partial charge in [-0.25, -0.2) is 4.79 Å². The van der Waals surface area contributed by atoms with Crippen molar-refractivity contribution in [1.29, 1.82) is 0 Å². The first-order valence-corrected chi connectivity index (χ1v) is 8.63. The molecule has 1 aliphatic rings. The Bertz CT molecular complexity index is 823. The van der Waals surface area contributed by atoms with Gasteiger partial charge < -0.3 is 19.3 Å². The number of phenols is 1. The monoisotopic (exact) mass is 344 g/mol. The van der Waals surface area contributed by atoms with Gasteiger partial charge in [-0.3, -0.25) is 0 Å². The molecular formula is C20H24O5. The quantitative estimate of drug-likeness (QED) is 0.841. The lowest BCUT2D eigenvalue weighted by Crippen LogP contribution is -2.25. The van der Waals surface area contributed by atoms with Crippen LogP contribution in [0.5, 0.6) is 17.2 Å². The summed E-state index contributed by atoms with van der Waals surface area (Å²) >= 11 is 0. The average molecular weight is 344 g/mol. The fraction of sp³-hybridized carbons (Fsp3) is 0.450. The smallest absolute Gasteiger partial charge is 0.342 e. The van der Waals surface area contributed by atoms with Crippen molar-refractivity contribution >= 4 is 16.7 Å². The van der Waals surface area contributed by atoms with E-state index in [4.69, 9.17) is 14.2 Å². The van der Waals surface area contributed by atoms with Crippen LogP contribution in [-0.2, 0) is 11.2 Å². The highest BCUT2D eigenvalue weighted by atomic mass is 16.5. The summed E-state index contributed by atoms with van der Waals surface area (Å²) in [5, 5.41) is 12.1. The van der Waals surface area contributed by atoms with Gasteiger partial charge in [0, 0.05) is 12.5 Å². The first-order chi connectivity index (χ1) is 11.8. The maximum Gasteiger partial charge on any atom is 0.342 e. The van der Waals surface area contributed by atoms with Gasteiger partial charge in [0.05, 0.1) is 17.6 Å². The van der Waals surface area contributed by atoms with E-state index in [1.54, 1.807) is 6.07 Å². The predicted molar refractivity (Wildman–Crippen MR) is 95.7 cm³/mol. The zero-order valence-corrected chi connectivity index (χ0v) is 15.3. The Labute approximate surface area is 147 Å². The molecule has 1 heterocycles. The van der Waals surface area contributed by atoms with Crippen LogP contribution in [0.2, 0.25) is 0 Å². The van der Waals surface area contributed by atoms with Crippen LogP contribution in [0.1, 0.15) is 50.5 Å². The number of esters is 1. The zero-order chi connectivity index (χ0) is 18.3. The number of benzene rings is 2. The minimum atomic E-state index is -0.494. The van der Waals surface area contributed by atoms with Crippen LogP contribution in [-0.4, -0.2) is 29.4 Å². The molecule has 0 radical (unpaired) electrons. The van der Waals surface area contributed by atoms with Crippen LogP contribution < -0.4 is 9.47 Å². The van der Waals surface area contributed by atoms with Gasteiger partial charge >= 0.3 is 5.97 Å². The fourth-order valence-electron chi connectivity index (χ4n) is 3.18. The molecule has 0 spiro atoms. The van der Waals surface area contributed by atoms with Crippen molar-refractivity contribution < 1.29 is 24.1 Å². The largest absolute Gasteiger partial charge is 0.506 e. The van der Waals surface area contributed by atoms with E-state index in [2.05, 4.69) is 0 Å². The molecule has 5 nitrogen and oxygen atoms in total. The highest BCUT2D eigenvalue weighted by Crippen LogP contribution is 2.43. The summed E-state index contributed by atoms with van der Waals surface area (Å²) < 4.78 is 17.0. The molecule has 0 saturated carbocycles. The molecule has 0 aromatic heterocycles. The lowest BCUT2D eigenvalue weighted by atomic mass is 9.93. The third-order valence-corrected chi connectivity index (χ3v) is 3.98. The first-order valence-electron chi connectivity index (χ1n) is 8.63. The van der Waals surface area contributed by atoms with Crippen molar-refractivity contribution in [2.24, 2.45) is 0 Å². The molecule has 5 heteroatoms. The lowest BCUT2D eigenvalue weighted by molar-refractivity contribution is 0.0298. The van der Waals surface area contributed by atoms with Gasteiger partial charge in [-0.1, -0.05) is 0 Å². The molecule has 0 saturated heterocycles. The van der Waals surface area contributed by atoms with E-state index >= 15 is 0 Å². The van der Waals surface area contributed by atoms with Gasteiger partial charge in [0.25, 0.3) is 0 Å². The number of carbonyl (C=O) groups is 1. The van der Waals surface area contributed by atoms with E-state index in [0.717, 1.165) is 10.9 Å². The standard InChI is InChI=1S/C20H24O5/c1-10(2)23-15-8-14-7-13-6-12(5)25-20(22)18(13)19(21)17(14)16(9-15)24-11(3)4/h7-12,21H,6H2,1-5H3/t12-/m0/s1. The number of hydrogen-bond donors (Lipinski definition) is 1. The Morgan fingerprint density at radius 2 is 1.80 bits per heavy atom. The summed E-state index contributed by atoms with van der Waals surface area (Å²) in [7, 11) is 0. The SMILES string of the molecule is CC(C)Oc1cc(OC(C)C)c2c(O)c3c(cc2c1)C[C@H](C)OC3=O. The molecule has 1 N–H and O–H groups in total. The Balaban J connectivity index is 2.26. The summed E-state index contributed by atoms with van der Waals surface area (Å²) in [4.78, 5) is 12.3. The topological polar surface area (TPSA) is 65.0 Å². The molecule has 2 aromatic rings. The molecule has 3 rings (SSSR count). The lowest BCUT2D eigenvalue weighted by Gasteiger charge is -2.24. The number of hydrogen-bond acceptors (Lipinski definition) is 5. The van der Waals surface area contributed by atoms with Gasteiger partial charge in [-0.2, -0.15) is 0 Å². The third kappa shape index (κ3) is 3.36. The van der Waals surface area contributed by atoms with Crippen molar-refractivity contribution in [1.82, 2.24) is 0 Å². The molecule has 1 atom stereocenters. The van der Waals surface area contributed by atoms with Crippen LogP contribution in [0.15, 0.2) is 18.2 Å².